The Hall–Kier alpha value is -0.890. The van der Waals surface area contributed by atoms with Gasteiger partial charge in [0.1, 0.15) is 0 Å². The fraction of sp³-hybridized carbons (Fsp3) is 0.231. The molecule has 0 saturated carbocycles. The minimum absolute atomic E-state index is 0.260. The Kier molecular flexibility index (Phi) is 4.53. The molecule has 7 heteroatoms. The van der Waals surface area contributed by atoms with Crippen LogP contribution in [0.5, 0.6) is 0 Å². The zero-order valence-electron chi connectivity index (χ0n) is 11.1. The zero-order chi connectivity index (χ0) is 14.9. The van der Waals surface area contributed by atoms with Crippen LogP contribution < -0.4 is 5.73 Å². The number of rotatable bonds is 4. The number of nitrogens with zero attached hydrogens (tertiary/aromatic N) is 1. The summed E-state index contributed by atoms with van der Waals surface area (Å²) in [5.74, 6) is 0. The van der Waals surface area contributed by atoms with Crippen molar-refractivity contribution in [2.45, 2.75) is 18.4 Å². The normalized spacial score (nSPS) is 12.0. The third-order valence-electron chi connectivity index (χ3n) is 3.01. The predicted octanol–water partition coefficient (Wildman–Crippen LogP) is 3.22. The van der Waals surface area contributed by atoms with E-state index in [-0.39, 0.29) is 4.90 Å². The van der Waals surface area contributed by atoms with E-state index in [9.17, 15) is 8.42 Å². The molecule has 0 amide bonds. The number of hydrogen-bond donors (Lipinski definition) is 1. The van der Waals surface area contributed by atoms with Crippen molar-refractivity contribution in [2.24, 2.45) is 0 Å². The first-order valence-corrected chi connectivity index (χ1v) is 8.98. The summed E-state index contributed by atoms with van der Waals surface area (Å²) in [6.07, 6.45) is 0. The first kappa shape index (κ1) is 15.5. The van der Waals surface area contributed by atoms with E-state index in [1.54, 1.807) is 32.2 Å². The summed E-state index contributed by atoms with van der Waals surface area (Å²) in [4.78, 5) is 1.24. The average molecular weight is 375 g/mol. The van der Waals surface area contributed by atoms with E-state index < -0.39 is 10.0 Å². The maximum Gasteiger partial charge on any atom is 0.243 e. The third-order valence-corrected chi connectivity index (χ3v) is 6.64. The molecule has 0 unspecified atom stereocenters. The van der Waals surface area contributed by atoms with Gasteiger partial charge in [-0.1, -0.05) is 6.07 Å². The molecular weight excluding hydrogens is 360 g/mol. The molecule has 0 bridgehead atoms. The molecule has 108 valence electrons. The van der Waals surface area contributed by atoms with E-state index >= 15 is 0 Å². The first-order valence-electron chi connectivity index (χ1n) is 5.86. The van der Waals surface area contributed by atoms with Crippen LogP contribution in [0.3, 0.4) is 0 Å². The van der Waals surface area contributed by atoms with Gasteiger partial charge in [0.2, 0.25) is 10.0 Å². The Morgan fingerprint density at radius 3 is 2.70 bits per heavy atom. The van der Waals surface area contributed by atoms with Crippen molar-refractivity contribution in [3.63, 3.8) is 0 Å². The Labute approximate surface area is 131 Å². The third kappa shape index (κ3) is 3.06. The lowest BCUT2D eigenvalue weighted by molar-refractivity contribution is 0.469. The van der Waals surface area contributed by atoms with Crippen LogP contribution in [0, 0.1) is 6.92 Å². The summed E-state index contributed by atoms with van der Waals surface area (Å²) in [6.45, 7) is 2.06. The van der Waals surface area contributed by atoms with Crippen LogP contribution in [-0.2, 0) is 16.6 Å². The van der Waals surface area contributed by atoms with Gasteiger partial charge in [-0.2, -0.15) is 4.31 Å². The molecule has 0 atom stereocenters. The van der Waals surface area contributed by atoms with Crippen LogP contribution in [0.2, 0.25) is 0 Å². The molecule has 20 heavy (non-hydrogen) atoms. The minimum atomic E-state index is -3.54. The highest BCUT2D eigenvalue weighted by Crippen LogP contribution is 2.26. The van der Waals surface area contributed by atoms with E-state index in [0.29, 0.717) is 17.8 Å². The second-order valence-electron chi connectivity index (χ2n) is 4.46. The highest BCUT2D eigenvalue weighted by Gasteiger charge is 2.23. The van der Waals surface area contributed by atoms with Crippen LogP contribution in [-0.4, -0.2) is 19.8 Å². The lowest BCUT2D eigenvalue weighted by Crippen LogP contribution is -2.27. The van der Waals surface area contributed by atoms with Gasteiger partial charge in [0.05, 0.1) is 4.90 Å². The lowest BCUT2D eigenvalue weighted by Gasteiger charge is -2.18. The van der Waals surface area contributed by atoms with Crippen LogP contribution in [0.1, 0.15) is 10.4 Å². The Morgan fingerprint density at radius 1 is 1.40 bits per heavy atom. The molecule has 0 spiro atoms. The van der Waals surface area contributed by atoms with Gasteiger partial charge in [0, 0.05) is 34.0 Å². The predicted molar refractivity (Wildman–Crippen MR) is 86.3 cm³/mol. The summed E-state index contributed by atoms with van der Waals surface area (Å²) in [7, 11) is -1.96. The molecule has 0 radical (unpaired) electrons. The van der Waals surface area contributed by atoms with Gasteiger partial charge in [-0.05, 0) is 46.6 Å². The Morgan fingerprint density at radius 2 is 2.10 bits per heavy atom. The molecule has 0 aliphatic heterocycles. The second-order valence-corrected chi connectivity index (χ2v) is 8.39. The van der Waals surface area contributed by atoms with Crippen molar-refractivity contribution in [2.75, 3.05) is 12.8 Å². The molecule has 1 aromatic heterocycles. The van der Waals surface area contributed by atoms with E-state index in [0.717, 1.165) is 9.35 Å². The van der Waals surface area contributed by atoms with E-state index in [4.69, 9.17) is 5.73 Å². The summed E-state index contributed by atoms with van der Waals surface area (Å²) < 4.78 is 27.5. The van der Waals surface area contributed by atoms with Crippen molar-refractivity contribution in [1.82, 2.24) is 4.31 Å². The fourth-order valence-electron chi connectivity index (χ4n) is 1.82. The van der Waals surface area contributed by atoms with Gasteiger partial charge < -0.3 is 5.73 Å². The van der Waals surface area contributed by atoms with Gasteiger partial charge in [0.15, 0.2) is 0 Å². The largest absolute Gasteiger partial charge is 0.398 e. The molecule has 0 saturated heterocycles. The number of thiophene rings is 1. The smallest absolute Gasteiger partial charge is 0.243 e. The van der Waals surface area contributed by atoms with Gasteiger partial charge in [-0.25, -0.2) is 8.42 Å². The SMILES string of the molecule is Cc1c(N)cccc1S(=O)(=O)N(C)Cc1cc(Br)cs1. The molecule has 0 aliphatic carbocycles. The Bertz CT molecular complexity index is 726. The van der Waals surface area contributed by atoms with Crippen LogP contribution in [0.4, 0.5) is 5.69 Å². The number of sulfonamides is 1. The fourth-order valence-corrected chi connectivity index (χ4v) is 4.81. The van der Waals surface area contributed by atoms with Crippen molar-refractivity contribution < 1.29 is 8.42 Å². The van der Waals surface area contributed by atoms with E-state index in [1.165, 1.54) is 15.6 Å². The maximum atomic E-state index is 12.6. The lowest BCUT2D eigenvalue weighted by atomic mass is 10.2. The molecule has 0 aliphatic rings. The van der Waals surface area contributed by atoms with Gasteiger partial charge in [0.25, 0.3) is 0 Å². The van der Waals surface area contributed by atoms with Gasteiger partial charge in [-0.15, -0.1) is 11.3 Å². The van der Waals surface area contributed by atoms with Crippen LogP contribution in [0.25, 0.3) is 0 Å². The van der Waals surface area contributed by atoms with Crippen LogP contribution in [0.15, 0.2) is 39.0 Å². The molecule has 1 aromatic carbocycles. The van der Waals surface area contributed by atoms with Gasteiger partial charge in [-0.3, -0.25) is 0 Å². The maximum absolute atomic E-state index is 12.6. The summed E-state index contributed by atoms with van der Waals surface area (Å²) in [5, 5.41) is 1.93. The van der Waals surface area contributed by atoms with Crippen molar-refractivity contribution in [3.05, 3.63) is 44.6 Å². The van der Waals surface area contributed by atoms with Crippen molar-refractivity contribution in [3.8, 4) is 0 Å². The molecule has 2 rings (SSSR count). The quantitative estimate of drug-likeness (QED) is 0.835. The monoisotopic (exact) mass is 374 g/mol. The Balaban J connectivity index is 2.32. The van der Waals surface area contributed by atoms with E-state index in [1.807, 2.05) is 11.4 Å². The summed E-state index contributed by atoms with van der Waals surface area (Å²) in [5.41, 5.74) is 6.86. The molecular formula is C13H15BrN2O2S2. The molecule has 4 nitrogen and oxygen atoms in total. The topological polar surface area (TPSA) is 63.4 Å². The average Bonchev–Trinajstić information content (AvgIpc) is 2.78. The second kappa shape index (κ2) is 5.85. The molecule has 2 N–H and O–H groups in total. The first-order chi connectivity index (χ1) is 9.32. The standard InChI is InChI=1S/C13H15BrN2O2S2/c1-9-12(15)4-3-5-13(9)20(17,18)16(2)7-11-6-10(14)8-19-11/h3-6,8H,7,15H2,1-2H3. The number of nitrogen functional groups attached to an aromatic ring is 1. The highest BCUT2D eigenvalue weighted by molar-refractivity contribution is 9.10. The number of anilines is 1. The van der Waals surface area contributed by atoms with E-state index in [2.05, 4.69) is 15.9 Å². The zero-order valence-corrected chi connectivity index (χ0v) is 14.3. The summed E-state index contributed by atoms with van der Waals surface area (Å²) >= 11 is 4.88. The number of halogens is 1. The van der Waals surface area contributed by atoms with Crippen molar-refractivity contribution in [1.29, 1.82) is 0 Å². The number of benzene rings is 1. The van der Waals surface area contributed by atoms with Crippen LogP contribution >= 0.6 is 27.3 Å². The molecule has 0 fully saturated rings. The van der Waals surface area contributed by atoms with Gasteiger partial charge >= 0.3 is 0 Å². The van der Waals surface area contributed by atoms with Crippen molar-refractivity contribution >= 4 is 43.0 Å². The molecule has 1 heterocycles. The number of nitrogens with two attached hydrogens (primary N) is 1. The number of hydrogen-bond acceptors (Lipinski definition) is 4. The molecule has 2 aromatic rings. The minimum Gasteiger partial charge on any atom is -0.398 e. The summed E-state index contributed by atoms with van der Waals surface area (Å²) in [6, 6.07) is 6.86. The highest BCUT2D eigenvalue weighted by atomic mass is 79.9.